The largest absolute Gasteiger partial charge is 0.393 e. The number of aliphatic hydroxyl groups is 1. The molecule has 0 heterocycles. The fourth-order valence-corrected chi connectivity index (χ4v) is 2.68. The smallest absolute Gasteiger partial charge is 0.0512 e. The number of aliphatic hydroxyl groups excluding tert-OH is 1. The number of hydrogen-bond donors (Lipinski definition) is 1. The van der Waals surface area contributed by atoms with Crippen LogP contribution in [0.25, 0.3) is 0 Å². The third kappa shape index (κ3) is 1.56. The Hall–Kier alpha value is -0.300. The van der Waals surface area contributed by atoms with Crippen molar-refractivity contribution in [3.8, 4) is 0 Å². The highest BCUT2D eigenvalue weighted by Gasteiger charge is 2.34. The molecule has 1 fully saturated rings. The molecule has 2 aliphatic rings. The molecular formula is C11H18O. The Morgan fingerprint density at radius 3 is 2.75 bits per heavy atom. The summed E-state index contributed by atoms with van der Waals surface area (Å²) < 4.78 is 0. The van der Waals surface area contributed by atoms with Gasteiger partial charge < -0.3 is 5.11 Å². The van der Waals surface area contributed by atoms with E-state index in [1.54, 1.807) is 0 Å². The van der Waals surface area contributed by atoms with Gasteiger partial charge in [-0.15, -0.1) is 0 Å². The van der Waals surface area contributed by atoms with Gasteiger partial charge in [0.2, 0.25) is 0 Å². The molecule has 4 atom stereocenters. The molecule has 1 saturated carbocycles. The second kappa shape index (κ2) is 3.21. The van der Waals surface area contributed by atoms with Gasteiger partial charge in [-0.3, -0.25) is 0 Å². The minimum absolute atomic E-state index is 0.104. The van der Waals surface area contributed by atoms with Crippen LogP contribution in [-0.2, 0) is 0 Å². The molecule has 0 aromatic heterocycles. The molecule has 0 saturated heterocycles. The zero-order valence-corrected chi connectivity index (χ0v) is 7.74. The molecule has 2 bridgehead atoms. The van der Waals surface area contributed by atoms with Crippen molar-refractivity contribution in [3.63, 3.8) is 0 Å². The van der Waals surface area contributed by atoms with Gasteiger partial charge in [0, 0.05) is 0 Å². The van der Waals surface area contributed by atoms with Gasteiger partial charge in [0.05, 0.1) is 6.10 Å². The van der Waals surface area contributed by atoms with E-state index in [1.807, 2.05) is 6.92 Å². The number of fused-ring (bicyclic) bond motifs is 2. The summed E-state index contributed by atoms with van der Waals surface area (Å²) >= 11 is 0. The molecule has 2 aliphatic carbocycles. The van der Waals surface area contributed by atoms with E-state index in [4.69, 9.17) is 5.11 Å². The van der Waals surface area contributed by atoms with Gasteiger partial charge in [0.25, 0.3) is 0 Å². The Morgan fingerprint density at radius 1 is 1.42 bits per heavy atom. The van der Waals surface area contributed by atoms with E-state index in [1.165, 1.54) is 19.3 Å². The van der Waals surface area contributed by atoms with Crippen LogP contribution in [0.2, 0.25) is 0 Å². The molecule has 0 aromatic rings. The van der Waals surface area contributed by atoms with Gasteiger partial charge in [-0.1, -0.05) is 12.2 Å². The molecule has 1 heteroatoms. The highest BCUT2D eigenvalue weighted by atomic mass is 16.3. The van der Waals surface area contributed by atoms with Crippen LogP contribution in [0.1, 0.15) is 32.6 Å². The summed E-state index contributed by atoms with van der Waals surface area (Å²) in [4.78, 5) is 0. The van der Waals surface area contributed by atoms with E-state index >= 15 is 0 Å². The summed E-state index contributed by atoms with van der Waals surface area (Å²) in [7, 11) is 0. The van der Waals surface area contributed by atoms with Crippen LogP contribution in [0.4, 0.5) is 0 Å². The van der Waals surface area contributed by atoms with Crippen molar-refractivity contribution in [2.45, 2.75) is 38.7 Å². The maximum absolute atomic E-state index is 9.16. The first-order valence-electron chi connectivity index (χ1n) is 5.12. The van der Waals surface area contributed by atoms with Crippen LogP contribution in [0, 0.1) is 17.8 Å². The lowest BCUT2D eigenvalue weighted by Gasteiger charge is -2.18. The van der Waals surface area contributed by atoms with Crippen molar-refractivity contribution in [1.29, 1.82) is 0 Å². The lowest BCUT2D eigenvalue weighted by atomic mass is 9.89. The maximum atomic E-state index is 9.16. The van der Waals surface area contributed by atoms with Crippen molar-refractivity contribution < 1.29 is 5.11 Å². The first-order chi connectivity index (χ1) is 5.75. The quantitative estimate of drug-likeness (QED) is 0.638. The first kappa shape index (κ1) is 8.31. The minimum atomic E-state index is -0.104. The van der Waals surface area contributed by atoms with E-state index in [-0.39, 0.29) is 6.10 Å². The Bertz CT molecular complexity index is 183. The Labute approximate surface area is 74.5 Å². The molecule has 68 valence electrons. The summed E-state index contributed by atoms with van der Waals surface area (Å²) in [5, 5.41) is 9.16. The number of allylic oxidation sites excluding steroid dienone is 2. The molecule has 3 unspecified atom stereocenters. The Morgan fingerprint density at radius 2 is 2.25 bits per heavy atom. The number of hydrogen-bond acceptors (Lipinski definition) is 1. The van der Waals surface area contributed by atoms with Gasteiger partial charge in [-0.2, -0.15) is 0 Å². The Balaban J connectivity index is 1.80. The minimum Gasteiger partial charge on any atom is -0.393 e. The summed E-state index contributed by atoms with van der Waals surface area (Å²) in [6.45, 7) is 1.89. The van der Waals surface area contributed by atoms with Crippen molar-refractivity contribution in [2.24, 2.45) is 17.8 Å². The second-order valence-electron chi connectivity index (χ2n) is 4.47. The van der Waals surface area contributed by atoms with Gasteiger partial charge >= 0.3 is 0 Å². The van der Waals surface area contributed by atoms with Gasteiger partial charge in [0.1, 0.15) is 0 Å². The predicted molar refractivity (Wildman–Crippen MR) is 49.8 cm³/mol. The molecule has 2 rings (SSSR count). The predicted octanol–water partition coefficient (Wildman–Crippen LogP) is 2.36. The molecule has 0 radical (unpaired) electrons. The fraction of sp³-hybridized carbons (Fsp3) is 0.818. The SMILES string of the molecule is C[C@H](O)CCC1CC2C=CC1C2. The van der Waals surface area contributed by atoms with Crippen molar-refractivity contribution in [2.75, 3.05) is 0 Å². The van der Waals surface area contributed by atoms with E-state index in [9.17, 15) is 0 Å². The topological polar surface area (TPSA) is 20.2 Å². The fourth-order valence-electron chi connectivity index (χ4n) is 2.68. The highest BCUT2D eigenvalue weighted by molar-refractivity contribution is 5.09. The van der Waals surface area contributed by atoms with Crippen LogP contribution in [0.5, 0.6) is 0 Å². The maximum Gasteiger partial charge on any atom is 0.0512 e. The molecule has 12 heavy (non-hydrogen) atoms. The van der Waals surface area contributed by atoms with E-state index < -0.39 is 0 Å². The second-order valence-corrected chi connectivity index (χ2v) is 4.47. The van der Waals surface area contributed by atoms with Crippen molar-refractivity contribution >= 4 is 0 Å². The zero-order valence-electron chi connectivity index (χ0n) is 7.74. The zero-order chi connectivity index (χ0) is 8.55. The lowest BCUT2D eigenvalue weighted by molar-refractivity contribution is 0.170. The standard InChI is InChI=1S/C11H18O/c1-8(12)2-4-10-6-9-3-5-11(10)7-9/h3,5,8-12H,2,4,6-7H2,1H3/t8-,9?,10?,11?/m0/s1. The van der Waals surface area contributed by atoms with Crippen LogP contribution in [0.15, 0.2) is 12.2 Å². The number of rotatable bonds is 3. The van der Waals surface area contributed by atoms with Gasteiger partial charge in [-0.25, -0.2) is 0 Å². The summed E-state index contributed by atoms with van der Waals surface area (Å²) in [6, 6.07) is 0. The third-order valence-electron chi connectivity index (χ3n) is 3.37. The van der Waals surface area contributed by atoms with Crippen LogP contribution in [-0.4, -0.2) is 11.2 Å². The molecule has 0 aromatic carbocycles. The normalized spacial score (nSPS) is 40.7. The third-order valence-corrected chi connectivity index (χ3v) is 3.37. The molecule has 1 N–H and O–H groups in total. The van der Waals surface area contributed by atoms with Crippen LogP contribution in [0.3, 0.4) is 0 Å². The van der Waals surface area contributed by atoms with Crippen LogP contribution >= 0.6 is 0 Å². The molecular weight excluding hydrogens is 148 g/mol. The highest BCUT2D eigenvalue weighted by Crippen LogP contribution is 2.45. The van der Waals surface area contributed by atoms with Gasteiger partial charge in [-0.05, 0) is 50.4 Å². The lowest BCUT2D eigenvalue weighted by Crippen LogP contribution is -2.10. The molecule has 0 amide bonds. The average molecular weight is 166 g/mol. The molecule has 0 aliphatic heterocycles. The van der Waals surface area contributed by atoms with E-state index in [2.05, 4.69) is 12.2 Å². The summed E-state index contributed by atoms with van der Waals surface area (Å²) in [5.74, 6) is 2.62. The summed E-state index contributed by atoms with van der Waals surface area (Å²) in [5.41, 5.74) is 0. The van der Waals surface area contributed by atoms with Gasteiger partial charge in [0.15, 0.2) is 0 Å². The van der Waals surface area contributed by atoms with Crippen molar-refractivity contribution in [3.05, 3.63) is 12.2 Å². The average Bonchev–Trinajstić information content (AvgIpc) is 2.60. The van der Waals surface area contributed by atoms with E-state index in [0.717, 1.165) is 24.2 Å². The molecule has 0 spiro atoms. The Kier molecular flexibility index (Phi) is 2.22. The molecule has 1 nitrogen and oxygen atoms in total. The summed E-state index contributed by atoms with van der Waals surface area (Å²) in [6.07, 6.45) is 9.65. The first-order valence-corrected chi connectivity index (χ1v) is 5.12. The monoisotopic (exact) mass is 166 g/mol. The van der Waals surface area contributed by atoms with E-state index in [0.29, 0.717) is 0 Å². The van der Waals surface area contributed by atoms with Crippen molar-refractivity contribution in [1.82, 2.24) is 0 Å². The van der Waals surface area contributed by atoms with Crippen LogP contribution < -0.4 is 0 Å².